The topological polar surface area (TPSA) is 53.2 Å². The molecule has 0 bridgehead atoms. The van der Waals surface area contributed by atoms with Gasteiger partial charge in [-0.2, -0.15) is 13.2 Å². The van der Waals surface area contributed by atoms with E-state index < -0.39 is 40.7 Å². The van der Waals surface area contributed by atoms with Gasteiger partial charge in [0.05, 0.1) is 0 Å². The van der Waals surface area contributed by atoms with Crippen LogP contribution in [0.25, 0.3) is 0 Å². The van der Waals surface area contributed by atoms with Gasteiger partial charge in [0.15, 0.2) is 11.3 Å². The molecule has 2 aromatic carbocycles. The summed E-state index contributed by atoms with van der Waals surface area (Å²) in [6.45, 7) is 1.76. The lowest BCUT2D eigenvalue weighted by atomic mass is 10.1. The number of hydrogen-bond donors (Lipinski definition) is 3. The van der Waals surface area contributed by atoms with Gasteiger partial charge in [0.25, 0.3) is 5.91 Å². The predicted octanol–water partition coefficient (Wildman–Crippen LogP) is 3.88. The Morgan fingerprint density at radius 3 is 2.07 bits per heavy atom. The van der Waals surface area contributed by atoms with Crippen LogP contribution in [-0.4, -0.2) is 23.4 Å². The summed E-state index contributed by atoms with van der Waals surface area (Å²) in [7, 11) is 0. The third-order valence-electron chi connectivity index (χ3n) is 3.39. The van der Waals surface area contributed by atoms with Crippen LogP contribution in [0.5, 0.6) is 0 Å². The maximum Gasteiger partial charge on any atom is 0.427 e. The fourth-order valence-corrected chi connectivity index (χ4v) is 2.24. The fourth-order valence-electron chi connectivity index (χ4n) is 2.02. The van der Waals surface area contributed by atoms with Crippen molar-refractivity contribution in [1.29, 1.82) is 0 Å². The number of thiocarbonyl (C=S) groups is 1. The zero-order valence-electron chi connectivity index (χ0n) is 13.8. The van der Waals surface area contributed by atoms with Crippen molar-refractivity contribution in [2.45, 2.75) is 19.3 Å². The maximum atomic E-state index is 13.6. The number of halogens is 5. The zero-order chi connectivity index (χ0) is 20.2. The summed E-state index contributed by atoms with van der Waals surface area (Å²) < 4.78 is 66.7. The summed E-state index contributed by atoms with van der Waals surface area (Å²) >= 11 is 4.68. The number of benzene rings is 2. The van der Waals surface area contributed by atoms with Crippen LogP contribution in [0, 0.1) is 18.6 Å². The molecule has 0 radical (unpaired) electrons. The first kappa shape index (κ1) is 20.6. The molecule has 2 aromatic rings. The fraction of sp³-hybridized carbons (Fsp3) is 0.176. The number of anilines is 1. The molecule has 2 rings (SSSR count). The number of hydrogen-bond acceptors (Lipinski definition) is 2. The SMILES string of the molecule is Cc1ccc(C(=O)NC(NC(=S)Nc2c(F)cccc2F)C(F)(F)F)cc1. The van der Waals surface area contributed by atoms with Crippen molar-refractivity contribution >= 4 is 28.9 Å². The van der Waals surface area contributed by atoms with Crippen LogP contribution in [-0.2, 0) is 0 Å². The Morgan fingerprint density at radius 1 is 1.00 bits per heavy atom. The molecule has 0 fully saturated rings. The molecule has 0 aliphatic rings. The van der Waals surface area contributed by atoms with Gasteiger partial charge in [-0.15, -0.1) is 0 Å². The summed E-state index contributed by atoms with van der Waals surface area (Å²) in [4.78, 5) is 12.0. The lowest BCUT2D eigenvalue weighted by Gasteiger charge is -2.24. The Bertz CT molecular complexity index is 819. The van der Waals surface area contributed by atoms with Gasteiger partial charge in [-0.25, -0.2) is 8.78 Å². The standard InChI is InChI=1S/C17H14F5N3OS/c1-9-5-7-10(8-6-9)14(26)24-15(17(20,21)22)25-16(27)23-13-11(18)3-2-4-12(13)19/h2-8,15H,1H3,(H,24,26)(H2,23,25,27). The van der Waals surface area contributed by atoms with Crippen molar-refractivity contribution in [2.75, 3.05) is 5.32 Å². The van der Waals surface area contributed by atoms with Gasteiger partial charge < -0.3 is 16.0 Å². The van der Waals surface area contributed by atoms with E-state index in [-0.39, 0.29) is 5.56 Å². The Morgan fingerprint density at radius 2 is 1.56 bits per heavy atom. The second kappa shape index (κ2) is 8.30. The Hall–Kier alpha value is -2.75. The summed E-state index contributed by atoms with van der Waals surface area (Å²) in [5, 5.41) is 4.85. The molecule has 1 atom stereocenters. The highest BCUT2D eigenvalue weighted by molar-refractivity contribution is 7.80. The largest absolute Gasteiger partial charge is 0.427 e. The van der Waals surface area contributed by atoms with Gasteiger partial charge in [0.2, 0.25) is 0 Å². The van der Waals surface area contributed by atoms with Crippen molar-refractivity contribution in [3.63, 3.8) is 0 Å². The first-order valence-corrected chi connectivity index (χ1v) is 7.94. The van der Waals surface area contributed by atoms with Crippen molar-refractivity contribution in [3.8, 4) is 0 Å². The van der Waals surface area contributed by atoms with Gasteiger partial charge in [0.1, 0.15) is 17.3 Å². The Kier molecular flexibility index (Phi) is 6.32. The molecule has 1 amide bonds. The molecule has 0 saturated heterocycles. The molecule has 0 aliphatic carbocycles. The van der Waals surface area contributed by atoms with E-state index in [1.807, 2.05) is 5.32 Å². The van der Waals surface area contributed by atoms with Crippen molar-refractivity contribution in [2.24, 2.45) is 0 Å². The van der Waals surface area contributed by atoms with E-state index in [2.05, 4.69) is 12.2 Å². The molecule has 144 valence electrons. The maximum absolute atomic E-state index is 13.6. The van der Waals surface area contributed by atoms with E-state index in [0.717, 1.165) is 23.8 Å². The monoisotopic (exact) mass is 403 g/mol. The van der Waals surface area contributed by atoms with Crippen molar-refractivity contribution < 1.29 is 26.7 Å². The van der Waals surface area contributed by atoms with Crippen LogP contribution in [0.4, 0.5) is 27.6 Å². The molecule has 27 heavy (non-hydrogen) atoms. The van der Waals surface area contributed by atoms with E-state index >= 15 is 0 Å². The van der Waals surface area contributed by atoms with E-state index in [1.54, 1.807) is 29.7 Å². The second-order valence-electron chi connectivity index (χ2n) is 5.51. The van der Waals surface area contributed by atoms with E-state index in [9.17, 15) is 26.7 Å². The average Bonchev–Trinajstić information content (AvgIpc) is 2.57. The lowest BCUT2D eigenvalue weighted by molar-refractivity contribution is -0.156. The molecule has 0 saturated carbocycles. The van der Waals surface area contributed by atoms with Crippen LogP contribution in [0.15, 0.2) is 42.5 Å². The Labute approximate surface area is 156 Å². The van der Waals surface area contributed by atoms with Gasteiger partial charge in [-0.1, -0.05) is 23.8 Å². The highest BCUT2D eigenvalue weighted by atomic mass is 32.1. The molecule has 0 heterocycles. The molecule has 0 aliphatic heterocycles. The number of carbonyl (C=O) groups is 1. The van der Waals surface area contributed by atoms with Gasteiger partial charge in [-0.05, 0) is 43.4 Å². The van der Waals surface area contributed by atoms with Gasteiger partial charge in [-0.3, -0.25) is 4.79 Å². The number of para-hydroxylation sites is 1. The van der Waals surface area contributed by atoms with Gasteiger partial charge in [0, 0.05) is 5.56 Å². The third-order valence-corrected chi connectivity index (χ3v) is 3.61. The Balaban J connectivity index is 2.11. The predicted molar refractivity (Wildman–Crippen MR) is 94.2 cm³/mol. The normalized spacial score (nSPS) is 12.2. The number of aryl methyl sites for hydroxylation is 1. The highest BCUT2D eigenvalue weighted by Gasteiger charge is 2.41. The van der Waals surface area contributed by atoms with E-state index in [0.29, 0.717) is 0 Å². The lowest BCUT2D eigenvalue weighted by Crippen LogP contribution is -2.57. The van der Waals surface area contributed by atoms with Crippen LogP contribution >= 0.6 is 12.2 Å². The number of nitrogens with one attached hydrogen (secondary N) is 3. The first-order valence-electron chi connectivity index (χ1n) is 7.53. The molecule has 3 N–H and O–H groups in total. The molecular formula is C17H14F5N3OS. The van der Waals surface area contributed by atoms with E-state index in [1.165, 1.54) is 12.1 Å². The minimum Gasteiger partial charge on any atom is -0.335 e. The average molecular weight is 403 g/mol. The second-order valence-corrected chi connectivity index (χ2v) is 5.92. The summed E-state index contributed by atoms with van der Waals surface area (Å²) in [6.07, 6.45) is -7.49. The number of alkyl halides is 3. The zero-order valence-corrected chi connectivity index (χ0v) is 14.6. The van der Waals surface area contributed by atoms with Crippen molar-refractivity contribution in [3.05, 3.63) is 65.2 Å². The third kappa shape index (κ3) is 5.61. The van der Waals surface area contributed by atoms with Crippen LogP contribution in [0.2, 0.25) is 0 Å². The summed E-state index contributed by atoms with van der Waals surface area (Å²) in [5.74, 6) is -3.07. The summed E-state index contributed by atoms with van der Waals surface area (Å²) in [6, 6.07) is 8.78. The van der Waals surface area contributed by atoms with Gasteiger partial charge >= 0.3 is 6.18 Å². The number of rotatable bonds is 4. The molecule has 4 nitrogen and oxygen atoms in total. The molecule has 1 unspecified atom stereocenters. The van der Waals surface area contributed by atoms with Crippen LogP contribution < -0.4 is 16.0 Å². The molecule has 10 heteroatoms. The van der Waals surface area contributed by atoms with Crippen LogP contribution in [0.3, 0.4) is 0 Å². The minimum absolute atomic E-state index is 0.00989. The smallest absolute Gasteiger partial charge is 0.335 e. The first-order chi connectivity index (χ1) is 12.6. The molecule has 0 spiro atoms. The number of amides is 1. The quantitative estimate of drug-likeness (QED) is 0.412. The molecular weight excluding hydrogens is 389 g/mol. The number of carbonyl (C=O) groups excluding carboxylic acids is 1. The molecule has 0 aromatic heterocycles. The van der Waals surface area contributed by atoms with E-state index in [4.69, 9.17) is 0 Å². The minimum atomic E-state index is -4.92. The highest BCUT2D eigenvalue weighted by Crippen LogP contribution is 2.21. The van der Waals surface area contributed by atoms with Crippen LogP contribution in [0.1, 0.15) is 15.9 Å². The van der Waals surface area contributed by atoms with Crippen molar-refractivity contribution in [1.82, 2.24) is 10.6 Å². The summed E-state index contributed by atoms with van der Waals surface area (Å²) in [5.41, 5.74) is 0.130.